The van der Waals surface area contributed by atoms with Crippen LogP contribution in [0, 0.1) is 16.0 Å². The zero-order chi connectivity index (χ0) is 20.7. The number of nitrogens with one attached hydrogen (secondary N) is 1. The molecule has 1 aliphatic heterocycles. The lowest BCUT2D eigenvalue weighted by molar-refractivity contribution is -0.384. The highest BCUT2D eigenvalue weighted by molar-refractivity contribution is 5.86. The fourth-order valence-corrected chi connectivity index (χ4v) is 3.02. The molecule has 1 fully saturated rings. The monoisotopic (exact) mass is 394 g/mol. The van der Waals surface area contributed by atoms with Crippen LogP contribution in [0.1, 0.15) is 31.2 Å². The van der Waals surface area contributed by atoms with Crippen LogP contribution in [0.2, 0.25) is 0 Å². The Bertz CT molecular complexity index is 728. The largest absolute Gasteiger partial charge is 0.480 e. The number of nitro groups is 1. The molecule has 10 heteroatoms. The van der Waals surface area contributed by atoms with Crippen LogP contribution in [-0.4, -0.2) is 53.7 Å². The summed E-state index contributed by atoms with van der Waals surface area (Å²) in [4.78, 5) is 46.5. The third-order valence-corrected chi connectivity index (χ3v) is 4.49. The first-order chi connectivity index (χ1) is 13.3. The second kappa shape index (κ2) is 9.79. The van der Waals surface area contributed by atoms with Gasteiger partial charge in [-0.3, -0.25) is 19.7 Å². The van der Waals surface area contributed by atoms with E-state index < -0.39 is 40.6 Å². The number of hydrogen-bond acceptors (Lipinski definition) is 7. The molecule has 1 amide bonds. The van der Waals surface area contributed by atoms with Crippen molar-refractivity contribution in [1.82, 2.24) is 5.32 Å². The van der Waals surface area contributed by atoms with E-state index in [-0.39, 0.29) is 25.3 Å². The number of rotatable bonds is 9. The number of hydrogen-bond donors (Lipinski definition) is 2. The summed E-state index contributed by atoms with van der Waals surface area (Å²) in [5.41, 5.74) is 0.201. The van der Waals surface area contributed by atoms with Crippen LogP contribution in [0.5, 0.6) is 0 Å². The van der Waals surface area contributed by atoms with E-state index in [9.17, 15) is 29.6 Å². The van der Waals surface area contributed by atoms with Crippen LogP contribution < -0.4 is 5.32 Å². The number of benzene rings is 1. The predicted molar refractivity (Wildman–Crippen MR) is 95.6 cm³/mol. The highest BCUT2D eigenvalue weighted by Gasteiger charge is 2.35. The summed E-state index contributed by atoms with van der Waals surface area (Å²) in [6, 6.07) is 3.79. The van der Waals surface area contributed by atoms with Gasteiger partial charge in [0.05, 0.1) is 30.5 Å². The molecule has 152 valence electrons. The van der Waals surface area contributed by atoms with Crippen LogP contribution in [0.25, 0.3) is 0 Å². The maximum Gasteiger partial charge on any atom is 0.326 e. The third kappa shape index (κ3) is 5.49. The van der Waals surface area contributed by atoms with E-state index in [0.717, 1.165) is 0 Å². The van der Waals surface area contributed by atoms with Gasteiger partial charge in [0.1, 0.15) is 6.04 Å². The molecule has 2 rings (SSSR count). The number of esters is 1. The van der Waals surface area contributed by atoms with Gasteiger partial charge in [0.2, 0.25) is 5.91 Å². The normalized spacial score (nSPS) is 18.1. The highest BCUT2D eigenvalue weighted by Crippen LogP contribution is 2.27. The Labute approximate surface area is 161 Å². The van der Waals surface area contributed by atoms with Gasteiger partial charge in [0.25, 0.3) is 5.69 Å². The topological polar surface area (TPSA) is 145 Å². The van der Waals surface area contributed by atoms with Gasteiger partial charge in [0.15, 0.2) is 0 Å². The summed E-state index contributed by atoms with van der Waals surface area (Å²) >= 11 is 0. The summed E-state index contributed by atoms with van der Waals surface area (Å²) in [6.07, 6.45) is 0.183. The minimum atomic E-state index is -1.40. The van der Waals surface area contributed by atoms with Crippen LogP contribution in [0.3, 0.4) is 0 Å². The van der Waals surface area contributed by atoms with E-state index in [2.05, 4.69) is 5.32 Å². The lowest BCUT2D eigenvalue weighted by atomic mass is 9.87. The number of non-ortho nitro benzene ring substituents is 1. The number of nitrogens with zero attached hydrogens (tertiary/aromatic N) is 1. The summed E-state index contributed by atoms with van der Waals surface area (Å²) in [6.45, 7) is 2.37. The van der Waals surface area contributed by atoms with Gasteiger partial charge in [-0.25, -0.2) is 4.79 Å². The summed E-state index contributed by atoms with van der Waals surface area (Å²) < 4.78 is 10.1. The maximum absolute atomic E-state index is 12.4. The lowest BCUT2D eigenvalue weighted by Crippen LogP contribution is -2.47. The molecule has 0 saturated carbocycles. The number of aliphatic carboxylic acids is 1. The molecular weight excluding hydrogens is 372 g/mol. The molecule has 0 aliphatic carbocycles. The highest BCUT2D eigenvalue weighted by atomic mass is 16.6. The Morgan fingerprint density at radius 3 is 2.54 bits per heavy atom. The molecule has 0 bridgehead atoms. The van der Waals surface area contributed by atoms with Crippen molar-refractivity contribution in [1.29, 1.82) is 0 Å². The van der Waals surface area contributed by atoms with Gasteiger partial charge < -0.3 is 19.9 Å². The number of carbonyl (C=O) groups is 3. The van der Waals surface area contributed by atoms with Crippen molar-refractivity contribution in [3.63, 3.8) is 0 Å². The second-order valence-electron chi connectivity index (χ2n) is 6.35. The SMILES string of the molecule is CCOC(=O)C[C@H](c1ccc([N+](=O)[O-])cc1)[C@@H](NC(=O)[C@H]1CCOC1)C(=O)O. The number of ether oxygens (including phenoxy) is 2. The molecule has 0 unspecified atom stereocenters. The molecule has 1 saturated heterocycles. The smallest absolute Gasteiger partial charge is 0.326 e. The van der Waals surface area contributed by atoms with Crippen LogP contribution in [0.15, 0.2) is 24.3 Å². The number of carbonyl (C=O) groups excluding carboxylic acids is 2. The van der Waals surface area contributed by atoms with Crippen molar-refractivity contribution < 1.29 is 33.9 Å². The third-order valence-electron chi connectivity index (χ3n) is 4.49. The van der Waals surface area contributed by atoms with Gasteiger partial charge in [-0.1, -0.05) is 12.1 Å². The fraction of sp³-hybridized carbons (Fsp3) is 0.500. The van der Waals surface area contributed by atoms with Gasteiger partial charge in [0, 0.05) is 24.7 Å². The van der Waals surface area contributed by atoms with Crippen molar-refractivity contribution in [2.75, 3.05) is 19.8 Å². The number of nitro benzene ring substituents is 1. The number of carboxylic acid groups (broad SMARTS) is 1. The van der Waals surface area contributed by atoms with Gasteiger partial charge in [-0.2, -0.15) is 0 Å². The van der Waals surface area contributed by atoms with E-state index in [0.29, 0.717) is 18.6 Å². The molecule has 0 spiro atoms. The van der Waals surface area contributed by atoms with Crippen molar-refractivity contribution in [2.24, 2.45) is 5.92 Å². The first-order valence-corrected chi connectivity index (χ1v) is 8.84. The van der Waals surface area contributed by atoms with E-state index >= 15 is 0 Å². The molecule has 1 heterocycles. The van der Waals surface area contributed by atoms with E-state index in [1.165, 1.54) is 24.3 Å². The average Bonchev–Trinajstić information content (AvgIpc) is 3.19. The predicted octanol–water partition coefficient (Wildman–Crippen LogP) is 1.24. The Morgan fingerprint density at radius 2 is 2.04 bits per heavy atom. The molecule has 3 atom stereocenters. The molecule has 1 aromatic carbocycles. The first kappa shape index (κ1) is 21.3. The molecular formula is C18H22N2O8. The van der Waals surface area contributed by atoms with E-state index in [1.54, 1.807) is 6.92 Å². The minimum absolute atomic E-state index is 0.120. The molecule has 1 aromatic rings. The lowest BCUT2D eigenvalue weighted by Gasteiger charge is -2.25. The number of carboxylic acids is 1. The number of amides is 1. The zero-order valence-electron chi connectivity index (χ0n) is 15.3. The van der Waals surface area contributed by atoms with Crippen LogP contribution in [0.4, 0.5) is 5.69 Å². The molecule has 2 N–H and O–H groups in total. The average molecular weight is 394 g/mol. The zero-order valence-corrected chi connectivity index (χ0v) is 15.3. The van der Waals surface area contributed by atoms with E-state index in [4.69, 9.17) is 9.47 Å². The van der Waals surface area contributed by atoms with Crippen molar-refractivity contribution in [2.45, 2.75) is 31.7 Å². The summed E-state index contributed by atoms with van der Waals surface area (Å²) in [5.74, 6) is -3.83. The Kier molecular flexibility index (Phi) is 7.44. The van der Waals surface area contributed by atoms with Crippen LogP contribution >= 0.6 is 0 Å². The van der Waals surface area contributed by atoms with E-state index in [1.807, 2.05) is 0 Å². The van der Waals surface area contributed by atoms with Crippen LogP contribution in [-0.2, 0) is 23.9 Å². The summed E-state index contributed by atoms with van der Waals surface area (Å²) in [5, 5.41) is 23.0. The first-order valence-electron chi connectivity index (χ1n) is 8.84. The Balaban J connectivity index is 2.29. The molecule has 1 aliphatic rings. The van der Waals surface area contributed by atoms with Gasteiger partial charge in [-0.05, 0) is 18.9 Å². The Morgan fingerprint density at radius 1 is 1.36 bits per heavy atom. The quantitative estimate of drug-likeness (QED) is 0.361. The Hall–Kier alpha value is -3.01. The minimum Gasteiger partial charge on any atom is -0.480 e. The standard InChI is InChI=1S/C18H22N2O8/c1-2-28-15(21)9-14(11-3-5-13(6-4-11)20(25)26)16(18(23)24)19-17(22)12-7-8-27-10-12/h3-6,12,14,16H,2,7-10H2,1H3,(H,19,22)(H,23,24)/t12-,14+,16+/m0/s1. The fourth-order valence-electron chi connectivity index (χ4n) is 3.02. The van der Waals surface area contributed by atoms with Gasteiger partial charge >= 0.3 is 11.9 Å². The molecule has 28 heavy (non-hydrogen) atoms. The maximum atomic E-state index is 12.4. The summed E-state index contributed by atoms with van der Waals surface area (Å²) in [7, 11) is 0. The second-order valence-corrected chi connectivity index (χ2v) is 6.35. The van der Waals surface area contributed by atoms with Crippen molar-refractivity contribution in [3.05, 3.63) is 39.9 Å². The van der Waals surface area contributed by atoms with Gasteiger partial charge in [-0.15, -0.1) is 0 Å². The molecule has 10 nitrogen and oxygen atoms in total. The molecule has 0 radical (unpaired) electrons. The van der Waals surface area contributed by atoms with Crippen molar-refractivity contribution >= 4 is 23.5 Å². The molecule has 0 aromatic heterocycles. The van der Waals surface area contributed by atoms with Crippen molar-refractivity contribution in [3.8, 4) is 0 Å².